The molecular formula is C16H25NO. The molecule has 1 aliphatic rings. The van der Waals surface area contributed by atoms with Crippen LogP contribution in [0, 0.1) is 5.92 Å². The Morgan fingerprint density at radius 2 is 2.06 bits per heavy atom. The summed E-state index contributed by atoms with van der Waals surface area (Å²) in [5.74, 6) is 1.88. The van der Waals surface area contributed by atoms with Crippen molar-refractivity contribution in [3.63, 3.8) is 0 Å². The fraction of sp³-hybridized carbons (Fsp3) is 0.625. The number of rotatable bonds is 5. The standard InChI is InChI=1S/C16H25NO/c1-3-13-10-11-17-15(12-13)7-4-14-5-8-16(18-2)9-6-14/h5-6,8-9,13,15,17H,3-4,7,10-12H2,1-2H3. The highest BCUT2D eigenvalue weighted by Gasteiger charge is 2.19. The Labute approximate surface area is 111 Å². The van der Waals surface area contributed by atoms with Crippen molar-refractivity contribution in [1.29, 1.82) is 0 Å². The third kappa shape index (κ3) is 3.74. The van der Waals surface area contributed by atoms with Crippen molar-refractivity contribution < 1.29 is 4.74 Å². The highest BCUT2D eigenvalue weighted by Crippen LogP contribution is 2.22. The SMILES string of the molecule is CCC1CCNC(CCc2ccc(OC)cc2)C1. The van der Waals surface area contributed by atoms with Gasteiger partial charge < -0.3 is 10.1 Å². The lowest BCUT2D eigenvalue weighted by Gasteiger charge is -2.29. The van der Waals surface area contributed by atoms with E-state index < -0.39 is 0 Å². The molecule has 2 unspecified atom stereocenters. The van der Waals surface area contributed by atoms with Crippen molar-refractivity contribution in [2.24, 2.45) is 5.92 Å². The van der Waals surface area contributed by atoms with Crippen LogP contribution in [0.2, 0.25) is 0 Å². The van der Waals surface area contributed by atoms with Gasteiger partial charge in [0.1, 0.15) is 5.75 Å². The van der Waals surface area contributed by atoms with Gasteiger partial charge in [-0.2, -0.15) is 0 Å². The lowest BCUT2D eigenvalue weighted by molar-refractivity contribution is 0.285. The highest BCUT2D eigenvalue weighted by molar-refractivity contribution is 5.27. The first-order valence-electron chi connectivity index (χ1n) is 7.18. The molecule has 0 aromatic heterocycles. The largest absolute Gasteiger partial charge is 0.497 e. The quantitative estimate of drug-likeness (QED) is 0.861. The monoisotopic (exact) mass is 247 g/mol. The van der Waals surface area contributed by atoms with Gasteiger partial charge in [0, 0.05) is 6.04 Å². The molecule has 1 aromatic rings. The van der Waals surface area contributed by atoms with E-state index in [4.69, 9.17) is 4.74 Å². The molecule has 2 rings (SSSR count). The molecule has 1 saturated heterocycles. The van der Waals surface area contributed by atoms with Crippen molar-refractivity contribution in [2.45, 2.75) is 45.1 Å². The van der Waals surface area contributed by atoms with Crippen molar-refractivity contribution >= 4 is 0 Å². The van der Waals surface area contributed by atoms with Gasteiger partial charge in [-0.25, -0.2) is 0 Å². The zero-order valence-electron chi connectivity index (χ0n) is 11.6. The van der Waals surface area contributed by atoms with Crippen LogP contribution in [0.4, 0.5) is 0 Å². The molecule has 0 radical (unpaired) electrons. The molecule has 0 spiro atoms. The molecule has 2 atom stereocenters. The third-order valence-electron chi connectivity index (χ3n) is 4.12. The maximum absolute atomic E-state index is 5.18. The summed E-state index contributed by atoms with van der Waals surface area (Å²) in [4.78, 5) is 0. The van der Waals surface area contributed by atoms with Crippen molar-refractivity contribution in [3.05, 3.63) is 29.8 Å². The average Bonchev–Trinajstić information content (AvgIpc) is 2.46. The summed E-state index contributed by atoms with van der Waals surface area (Å²) in [5.41, 5.74) is 1.41. The van der Waals surface area contributed by atoms with Crippen molar-refractivity contribution in [1.82, 2.24) is 5.32 Å². The van der Waals surface area contributed by atoms with E-state index in [-0.39, 0.29) is 0 Å². The lowest BCUT2D eigenvalue weighted by atomic mass is 9.88. The zero-order valence-corrected chi connectivity index (χ0v) is 11.6. The number of hydrogen-bond donors (Lipinski definition) is 1. The maximum Gasteiger partial charge on any atom is 0.118 e. The molecule has 0 saturated carbocycles. The first-order valence-corrected chi connectivity index (χ1v) is 7.18. The van der Waals surface area contributed by atoms with Gasteiger partial charge in [-0.1, -0.05) is 25.5 Å². The fourth-order valence-corrected chi connectivity index (χ4v) is 2.82. The summed E-state index contributed by atoms with van der Waals surface area (Å²) in [6.45, 7) is 3.52. The molecule has 2 nitrogen and oxygen atoms in total. The minimum absolute atomic E-state index is 0.714. The number of ether oxygens (including phenoxy) is 1. The van der Waals surface area contributed by atoms with Crippen molar-refractivity contribution in [2.75, 3.05) is 13.7 Å². The van der Waals surface area contributed by atoms with E-state index >= 15 is 0 Å². The number of methoxy groups -OCH3 is 1. The zero-order chi connectivity index (χ0) is 12.8. The molecule has 0 amide bonds. The van der Waals surface area contributed by atoms with Crippen LogP contribution in [-0.4, -0.2) is 19.7 Å². The normalized spacial score (nSPS) is 23.9. The van der Waals surface area contributed by atoms with E-state index in [0.717, 1.165) is 18.1 Å². The fourth-order valence-electron chi connectivity index (χ4n) is 2.82. The van der Waals surface area contributed by atoms with Crippen LogP contribution in [0.3, 0.4) is 0 Å². The van der Waals surface area contributed by atoms with E-state index in [1.807, 2.05) is 0 Å². The van der Waals surface area contributed by atoms with Crippen LogP contribution in [0.15, 0.2) is 24.3 Å². The number of benzene rings is 1. The molecule has 1 aromatic carbocycles. The van der Waals surface area contributed by atoms with Gasteiger partial charge in [0.2, 0.25) is 0 Å². The van der Waals surface area contributed by atoms with Gasteiger partial charge in [-0.05, 0) is 55.8 Å². The van der Waals surface area contributed by atoms with Gasteiger partial charge >= 0.3 is 0 Å². The molecule has 100 valence electrons. The maximum atomic E-state index is 5.18. The second kappa shape index (κ2) is 6.79. The summed E-state index contributed by atoms with van der Waals surface area (Å²) < 4.78 is 5.18. The predicted molar refractivity (Wildman–Crippen MR) is 76.1 cm³/mol. The van der Waals surface area contributed by atoms with Crippen LogP contribution in [0.5, 0.6) is 5.75 Å². The van der Waals surface area contributed by atoms with Crippen LogP contribution >= 0.6 is 0 Å². The second-order valence-corrected chi connectivity index (χ2v) is 5.34. The first-order chi connectivity index (χ1) is 8.81. The molecule has 0 aliphatic carbocycles. The molecular weight excluding hydrogens is 222 g/mol. The number of nitrogens with one attached hydrogen (secondary N) is 1. The van der Waals surface area contributed by atoms with Crippen molar-refractivity contribution in [3.8, 4) is 5.75 Å². The van der Waals surface area contributed by atoms with Gasteiger partial charge in [0.25, 0.3) is 0 Å². The number of aryl methyl sites for hydroxylation is 1. The van der Waals surface area contributed by atoms with E-state index in [2.05, 4.69) is 36.5 Å². The van der Waals surface area contributed by atoms with E-state index in [1.165, 1.54) is 37.8 Å². The summed E-state index contributed by atoms with van der Waals surface area (Å²) in [6.07, 6.45) is 6.46. The van der Waals surface area contributed by atoms with Gasteiger partial charge in [0.05, 0.1) is 7.11 Å². The Hall–Kier alpha value is -1.02. The molecule has 1 fully saturated rings. The summed E-state index contributed by atoms with van der Waals surface area (Å²) in [6, 6.07) is 9.18. The minimum Gasteiger partial charge on any atom is -0.497 e. The van der Waals surface area contributed by atoms with Crippen LogP contribution in [0.25, 0.3) is 0 Å². The summed E-state index contributed by atoms with van der Waals surface area (Å²) in [5, 5.41) is 3.65. The van der Waals surface area contributed by atoms with E-state index in [0.29, 0.717) is 6.04 Å². The highest BCUT2D eigenvalue weighted by atomic mass is 16.5. The van der Waals surface area contributed by atoms with Gasteiger partial charge in [0.15, 0.2) is 0 Å². The first kappa shape index (κ1) is 13.4. The second-order valence-electron chi connectivity index (χ2n) is 5.34. The number of piperidine rings is 1. The topological polar surface area (TPSA) is 21.3 Å². The molecule has 1 heterocycles. The Kier molecular flexibility index (Phi) is 5.06. The van der Waals surface area contributed by atoms with E-state index in [9.17, 15) is 0 Å². The molecule has 1 aliphatic heterocycles. The van der Waals surface area contributed by atoms with Gasteiger partial charge in [-0.3, -0.25) is 0 Å². The third-order valence-corrected chi connectivity index (χ3v) is 4.12. The summed E-state index contributed by atoms with van der Waals surface area (Å²) >= 11 is 0. The van der Waals surface area contributed by atoms with Crippen LogP contribution in [0.1, 0.15) is 38.2 Å². The van der Waals surface area contributed by atoms with Crippen LogP contribution in [-0.2, 0) is 6.42 Å². The Morgan fingerprint density at radius 1 is 1.28 bits per heavy atom. The van der Waals surface area contributed by atoms with E-state index in [1.54, 1.807) is 7.11 Å². The number of hydrogen-bond acceptors (Lipinski definition) is 2. The summed E-state index contributed by atoms with van der Waals surface area (Å²) in [7, 11) is 1.71. The van der Waals surface area contributed by atoms with Crippen LogP contribution < -0.4 is 10.1 Å². The lowest BCUT2D eigenvalue weighted by Crippen LogP contribution is -2.38. The Balaban J connectivity index is 1.79. The molecule has 18 heavy (non-hydrogen) atoms. The molecule has 2 heteroatoms. The average molecular weight is 247 g/mol. The molecule has 0 bridgehead atoms. The minimum atomic E-state index is 0.714. The smallest absolute Gasteiger partial charge is 0.118 e. The Morgan fingerprint density at radius 3 is 2.72 bits per heavy atom. The van der Waals surface area contributed by atoms with Gasteiger partial charge in [-0.15, -0.1) is 0 Å². The predicted octanol–water partition coefficient (Wildman–Crippen LogP) is 3.41. The molecule has 1 N–H and O–H groups in total. The Bertz CT molecular complexity index is 347.